The van der Waals surface area contributed by atoms with Crippen LogP contribution in [0.25, 0.3) is 0 Å². The molecule has 0 spiro atoms. The quantitative estimate of drug-likeness (QED) is 0.616. The summed E-state index contributed by atoms with van der Waals surface area (Å²) in [4.78, 5) is 29.7. The maximum atomic E-state index is 12.6. The van der Waals surface area contributed by atoms with Crippen molar-refractivity contribution >= 4 is 17.7 Å². The molecule has 5 heteroatoms. The van der Waals surface area contributed by atoms with E-state index in [2.05, 4.69) is 0 Å². The van der Waals surface area contributed by atoms with E-state index in [9.17, 15) is 9.59 Å². The first-order chi connectivity index (χ1) is 10.9. The van der Waals surface area contributed by atoms with Gasteiger partial charge in [0.25, 0.3) is 5.91 Å². The van der Waals surface area contributed by atoms with Crippen LogP contribution in [0.5, 0.6) is 0 Å². The SMILES string of the molecule is CC(C)(C)OC(=O)ON(C(=O)c1ccccc1)c1ccccc1. The van der Waals surface area contributed by atoms with Gasteiger partial charge in [-0.25, -0.2) is 4.79 Å². The highest BCUT2D eigenvalue weighted by Crippen LogP contribution is 2.19. The fraction of sp³-hybridized carbons (Fsp3) is 0.222. The van der Waals surface area contributed by atoms with Gasteiger partial charge in [0, 0.05) is 5.56 Å². The van der Waals surface area contributed by atoms with Gasteiger partial charge < -0.3 is 4.74 Å². The molecule has 23 heavy (non-hydrogen) atoms. The van der Waals surface area contributed by atoms with E-state index in [1.54, 1.807) is 75.4 Å². The highest BCUT2D eigenvalue weighted by atomic mass is 16.8. The summed E-state index contributed by atoms with van der Waals surface area (Å²) in [6.45, 7) is 5.17. The Morgan fingerprint density at radius 1 is 0.870 bits per heavy atom. The summed E-state index contributed by atoms with van der Waals surface area (Å²) in [6.07, 6.45) is -0.939. The van der Waals surface area contributed by atoms with Gasteiger partial charge in [-0.3, -0.25) is 9.63 Å². The number of carbonyl (C=O) groups is 2. The highest BCUT2D eigenvalue weighted by Gasteiger charge is 2.26. The normalized spacial score (nSPS) is 10.7. The molecular weight excluding hydrogens is 294 g/mol. The Balaban J connectivity index is 2.26. The second-order valence-corrected chi connectivity index (χ2v) is 5.86. The number of hydrogen-bond donors (Lipinski definition) is 0. The smallest absolute Gasteiger partial charge is 0.427 e. The van der Waals surface area contributed by atoms with Crippen LogP contribution in [0.15, 0.2) is 60.7 Å². The summed E-state index contributed by atoms with van der Waals surface area (Å²) in [5.41, 5.74) is 0.127. The van der Waals surface area contributed by atoms with Crippen LogP contribution in [0.2, 0.25) is 0 Å². The van der Waals surface area contributed by atoms with Crippen molar-refractivity contribution in [3.05, 3.63) is 66.2 Å². The second kappa shape index (κ2) is 6.96. The van der Waals surface area contributed by atoms with Crippen molar-refractivity contribution in [1.82, 2.24) is 0 Å². The molecular formula is C18H19NO4. The lowest BCUT2D eigenvalue weighted by atomic mass is 10.2. The predicted molar refractivity (Wildman–Crippen MR) is 87.0 cm³/mol. The maximum absolute atomic E-state index is 12.6. The van der Waals surface area contributed by atoms with Crippen LogP contribution in [0.4, 0.5) is 10.5 Å². The van der Waals surface area contributed by atoms with Crippen molar-refractivity contribution in [1.29, 1.82) is 0 Å². The molecule has 5 nitrogen and oxygen atoms in total. The summed E-state index contributed by atoms with van der Waals surface area (Å²) in [5.74, 6) is -0.456. The van der Waals surface area contributed by atoms with Crippen molar-refractivity contribution in [3.63, 3.8) is 0 Å². The number of hydrogen-bond acceptors (Lipinski definition) is 4. The van der Waals surface area contributed by atoms with Crippen molar-refractivity contribution in [2.24, 2.45) is 0 Å². The first kappa shape index (κ1) is 16.5. The number of carbonyl (C=O) groups excluding carboxylic acids is 2. The molecule has 2 aromatic carbocycles. The van der Waals surface area contributed by atoms with Gasteiger partial charge in [-0.05, 0) is 45.0 Å². The van der Waals surface area contributed by atoms with E-state index in [4.69, 9.17) is 9.57 Å². The van der Waals surface area contributed by atoms with Crippen LogP contribution in [-0.2, 0) is 9.57 Å². The van der Waals surface area contributed by atoms with E-state index in [0.29, 0.717) is 11.3 Å². The zero-order valence-corrected chi connectivity index (χ0v) is 13.4. The van der Waals surface area contributed by atoms with E-state index in [1.165, 1.54) is 0 Å². The Kier molecular flexibility index (Phi) is 5.01. The number of para-hydroxylation sites is 1. The molecule has 1 amide bonds. The van der Waals surface area contributed by atoms with Crippen LogP contribution in [-0.4, -0.2) is 17.7 Å². The second-order valence-electron chi connectivity index (χ2n) is 5.86. The minimum atomic E-state index is -0.939. The minimum Gasteiger partial charge on any atom is -0.427 e. The van der Waals surface area contributed by atoms with Gasteiger partial charge in [0.05, 0.1) is 5.69 Å². The first-order valence-electron chi connectivity index (χ1n) is 7.22. The molecule has 0 fully saturated rings. The molecule has 0 N–H and O–H groups in total. The third-order valence-corrected chi connectivity index (χ3v) is 2.75. The molecule has 120 valence electrons. The fourth-order valence-electron chi connectivity index (χ4n) is 1.82. The third kappa shape index (κ3) is 4.85. The predicted octanol–water partition coefficient (Wildman–Crippen LogP) is 4.20. The summed E-state index contributed by atoms with van der Waals surface area (Å²) < 4.78 is 5.12. The van der Waals surface area contributed by atoms with E-state index in [1.807, 2.05) is 6.07 Å². The molecule has 0 saturated carbocycles. The summed E-state index contributed by atoms with van der Waals surface area (Å²) >= 11 is 0. The Bertz CT molecular complexity index is 662. The van der Waals surface area contributed by atoms with Gasteiger partial charge in [0.2, 0.25) is 0 Å². The molecule has 0 aliphatic carbocycles. The minimum absolute atomic E-state index is 0.403. The standard InChI is InChI=1S/C18H19NO4/c1-18(2,3)22-17(21)23-19(15-12-8-5-9-13-15)16(20)14-10-6-4-7-11-14/h4-13H,1-3H3. The van der Waals surface area contributed by atoms with E-state index < -0.39 is 17.7 Å². The van der Waals surface area contributed by atoms with Gasteiger partial charge >= 0.3 is 6.16 Å². The van der Waals surface area contributed by atoms with Crippen LogP contribution >= 0.6 is 0 Å². The molecule has 0 aromatic heterocycles. The number of nitrogens with zero attached hydrogens (tertiary/aromatic N) is 1. The van der Waals surface area contributed by atoms with Gasteiger partial charge in [-0.15, -0.1) is 5.06 Å². The molecule has 0 saturated heterocycles. The van der Waals surface area contributed by atoms with E-state index in [-0.39, 0.29) is 0 Å². The van der Waals surface area contributed by atoms with Gasteiger partial charge in [-0.2, -0.15) is 0 Å². The van der Waals surface area contributed by atoms with Gasteiger partial charge in [-0.1, -0.05) is 36.4 Å². The first-order valence-corrected chi connectivity index (χ1v) is 7.22. The third-order valence-electron chi connectivity index (χ3n) is 2.75. The Labute approximate surface area is 135 Å². The van der Waals surface area contributed by atoms with E-state index >= 15 is 0 Å². The number of amides is 1. The number of ether oxygens (including phenoxy) is 1. The van der Waals surface area contributed by atoms with E-state index in [0.717, 1.165) is 5.06 Å². The van der Waals surface area contributed by atoms with Crippen LogP contribution < -0.4 is 5.06 Å². The molecule has 0 aliphatic heterocycles. The fourth-order valence-corrected chi connectivity index (χ4v) is 1.82. The van der Waals surface area contributed by atoms with Crippen molar-refractivity contribution in [2.45, 2.75) is 26.4 Å². The summed E-state index contributed by atoms with van der Waals surface area (Å²) in [7, 11) is 0. The lowest BCUT2D eigenvalue weighted by Gasteiger charge is -2.24. The van der Waals surface area contributed by atoms with Gasteiger partial charge in [0.15, 0.2) is 0 Å². The van der Waals surface area contributed by atoms with Gasteiger partial charge in [0.1, 0.15) is 5.60 Å². The molecule has 0 bridgehead atoms. The lowest BCUT2D eigenvalue weighted by Crippen LogP contribution is -2.36. The molecule has 0 heterocycles. The zero-order valence-electron chi connectivity index (χ0n) is 13.4. The molecule has 2 rings (SSSR count). The molecule has 0 aliphatic rings. The summed E-state index contributed by atoms with van der Waals surface area (Å²) in [5, 5.41) is 0.934. The lowest BCUT2D eigenvalue weighted by molar-refractivity contribution is -0.0115. The summed E-state index contributed by atoms with van der Waals surface area (Å²) in [6, 6.07) is 17.2. The van der Waals surface area contributed by atoms with Crippen LogP contribution in [0.3, 0.4) is 0 Å². The molecule has 2 aromatic rings. The van der Waals surface area contributed by atoms with Crippen molar-refractivity contribution in [3.8, 4) is 0 Å². The Morgan fingerprint density at radius 3 is 1.91 bits per heavy atom. The van der Waals surface area contributed by atoms with Crippen LogP contribution in [0.1, 0.15) is 31.1 Å². The topological polar surface area (TPSA) is 55.8 Å². The maximum Gasteiger partial charge on any atom is 0.534 e. The number of rotatable bonds is 2. The average Bonchev–Trinajstić information content (AvgIpc) is 2.52. The Morgan fingerprint density at radius 2 is 1.39 bits per heavy atom. The molecule has 0 unspecified atom stereocenters. The number of hydroxylamine groups is 1. The average molecular weight is 313 g/mol. The number of anilines is 1. The number of benzene rings is 2. The monoisotopic (exact) mass is 313 g/mol. The zero-order chi connectivity index (χ0) is 16.9. The van der Waals surface area contributed by atoms with Crippen LogP contribution in [0, 0.1) is 0 Å². The highest BCUT2D eigenvalue weighted by molar-refractivity contribution is 6.05. The molecule has 0 radical (unpaired) electrons. The molecule has 0 atom stereocenters. The van der Waals surface area contributed by atoms with Crippen molar-refractivity contribution in [2.75, 3.05) is 5.06 Å². The van der Waals surface area contributed by atoms with Crippen molar-refractivity contribution < 1.29 is 19.2 Å². The Hall–Kier alpha value is -2.82. The largest absolute Gasteiger partial charge is 0.534 e.